The van der Waals surface area contributed by atoms with Crippen molar-refractivity contribution in [2.75, 3.05) is 26.2 Å². The van der Waals surface area contributed by atoms with Crippen LogP contribution in [-0.2, 0) is 11.2 Å². The highest BCUT2D eigenvalue weighted by atomic mass is 16.3. The summed E-state index contributed by atoms with van der Waals surface area (Å²) in [5.74, 6) is 0.742. The second-order valence-electron chi connectivity index (χ2n) is 7.39. The molecule has 3 N–H and O–H groups in total. The Hall–Kier alpha value is -1.85. The quantitative estimate of drug-likeness (QED) is 0.753. The maximum Gasteiger partial charge on any atom is 0.224 e. The van der Waals surface area contributed by atoms with Gasteiger partial charge in [0.05, 0.1) is 12.5 Å². The van der Waals surface area contributed by atoms with Crippen molar-refractivity contribution in [3.05, 3.63) is 35.5 Å². The van der Waals surface area contributed by atoms with E-state index in [-0.39, 0.29) is 5.91 Å². The van der Waals surface area contributed by atoms with Gasteiger partial charge in [0, 0.05) is 29.7 Å². The number of aliphatic hydroxyl groups is 1. The molecule has 2 aromatic rings. The van der Waals surface area contributed by atoms with Gasteiger partial charge < -0.3 is 20.3 Å². The zero-order valence-electron chi connectivity index (χ0n) is 15.2. The number of benzene rings is 1. The Morgan fingerprint density at radius 1 is 1.36 bits per heavy atom. The molecule has 1 fully saturated rings. The van der Waals surface area contributed by atoms with E-state index in [1.165, 1.54) is 12.8 Å². The van der Waals surface area contributed by atoms with E-state index in [0.29, 0.717) is 19.5 Å². The van der Waals surface area contributed by atoms with Crippen molar-refractivity contribution in [2.24, 2.45) is 5.92 Å². The molecule has 0 spiro atoms. The van der Waals surface area contributed by atoms with Gasteiger partial charge in [-0.1, -0.05) is 25.1 Å². The first-order chi connectivity index (χ1) is 12.0. The number of amides is 1. The highest BCUT2D eigenvalue weighted by molar-refractivity contribution is 5.90. The average molecular weight is 343 g/mol. The van der Waals surface area contributed by atoms with Crippen LogP contribution in [0.2, 0.25) is 0 Å². The summed E-state index contributed by atoms with van der Waals surface area (Å²) in [6, 6.07) is 8.03. The molecule has 1 atom stereocenters. The number of β-amino-alcohol motifs (C(OH)–C–C–N with tert-alkyl or cyclic N) is 1. The first-order valence-electron chi connectivity index (χ1n) is 9.26. The summed E-state index contributed by atoms with van der Waals surface area (Å²) in [6.45, 7) is 7.31. The van der Waals surface area contributed by atoms with Crippen LogP contribution in [0.1, 0.15) is 31.0 Å². The molecule has 5 heteroatoms. The summed E-state index contributed by atoms with van der Waals surface area (Å²) in [5.41, 5.74) is 3.12. The minimum Gasteiger partial charge on any atom is -0.390 e. The monoisotopic (exact) mass is 343 g/mol. The summed E-state index contributed by atoms with van der Waals surface area (Å²) >= 11 is 0. The van der Waals surface area contributed by atoms with Gasteiger partial charge in [0.1, 0.15) is 0 Å². The lowest BCUT2D eigenvalue weighted by Gasteiger charge is -2.31. The zero-order valence-corrected chi connectivity index (χ0v) is 15.2. The number of nitrogens with one attached hydrogen (secondary N) is 2. The largest absolute Gasteiger partial charge is 0.390 e. The Bertz CT molecular complexity index is 717. The van der Waals surface area contributed by atoms with Crippen LogP contribution in [0, 0.1) is 12.8 Å². The summed E-state index contributed by atoms with van der Waals surface area (Å²) in [7, 11) is 0. The molecule has 1 aromatic carbocycles. The van der Waals surface area contributed by atoms with Gasteiger partial charge >= 0.3 is 0 Å². The predicted octanol–water partition coefficient (Wildman–Crippen LogP) is 2.23. The first-order valence-corrected chi connectivity index (χ1v) is 9.26. The van der Waals surface area contributed by atoms with Gasteiger partial charge in [-0.15, -0.1) is 0 Å². The predicted molar refractivity (Wildman–Crippen MR) is 101 cm³/mol. The molecular weight excluding hydrogens is 314 g/mol. The normalized spacial score (nSPS) is 17.7. The number of aryl methyl sites for hydroxylation is 1. The lowest BCUT2D eigenvalue weighted by molar-refractivity contribution is -0.120. The number of H-pyrrole nitrogens is 1. The Labute approximate surface area is 149 Å². The van der Waals surface area contributed by atoms with Crippen molar-refractivity contribution >= 4 is 16.8 Å². The van der Waals surface area contributed by atoms with Crippen LogP contribution in [-0.4, -0.2) is 53.2 Å². The number of aromatic nitrogens is 1. The van der Waals surface area contributed by atoms with Crippen LogP contribution < -0.4 is 5.32 Å². The van der Waals surface area contributed by atoms with Crippen molar-refractivity contribution in [1.29, 1.82) is 0 Å². The molecule has 0 radical (unpaired) electrons. The molecule has 0 bridgehead atoms. The van der Waals surface area contributed by atoms with Crippen molar-refractivity contribution in [2.45, 2.75) is 39.2 Å². The van der Waals surface area contributed by atoms with Crippen LogP contribution in [0.15, 0.2) is 24.3 Å². The molecule has 3 rings (SSSR count). The highest BCUT2D eigenvalue weighted by Gasteiger charge is 2.19. The third-order valence-corrected chi connectivity index (χ3v) is 5.24. The lowest BCUT2D eigenvalue weighted by atomic mass is 9.99. The third-order valence-electron chi connectivity index (χ3n) is 5.24. The van der Waals surface area contributed by atoms with E-state index in [2.05, 4.69) is 22.1 Å². The van der Waals surface area contributed by atoms with Gasteiger partial charge in [0.15, 0.2) is 0 Å². The van der Waals surface area contributed by atoms with Crippen molar-refractivity contribution in [3.63, 3.8) is 0 Å². The second kappa shape index (κ2) is 8.02. The van der Waals surface area contributed by atoms with Crippen LogP contribution in [0.25, 0.3) is 10.9 Å². The SMILES string of the molecule is Cc1[nH]c2ccccc2c1CC(=O)NCC(O)CN1CCC(C)CC1. The first kappa shape index (κ1) is 18.0. The number of carbonyl (C=O) groups excluding carboxylic acids is 1. The smallest absolute Gasteiger partial charge is 0.224 e. The van der Waals surface area contributed by atoms with E-state index >= 15 is 0 Å². The molecule has 0 aliphatic carbocycles. The number of carbonyl (C=O) groups is 1. The minimum absolute atomic E-state index is 0.0424. The Morgan fingerprint density at radius 2 is 2.08 bits per heavy atom. The fourth-order valence-corrected chi connectivity index (χ4v) is 3.62. The number of hydrogen-bond acceptors (Lipinski definition) is 3. The van der Waals surface area contributed by atoms with Crippen LogP contribution in [0.5, 0.6) is 0 Å². The summed E-state index contributed by atoms with van der Waals surface area (Å²) in [5, 5.41) is 14.2. The van der Waals surface area contributed by atoms with Crippen LogP contribution in [0.4, 0.5) is 0 Å². The number of hydrogen-bond donors (Lipinski definition) is 3. The van der Waals surface area contributed by atoms with E-state index < -0.39 is 6.10 Å². The number of piperidine rings is 1. The fourth-order valence-electron chi connectivity index (χ4n) is 3.62. The van der Waals surface area contributed by atoms with E-state index in [9.17, 15) is 9.90 Å². The van der Waals surface area contributed by atoms with Gasteiger partial charge in [-0.25, -0.2) is 0 Å². The van der Waals surface area contributed by atoms with E-state index in [1.54, 1.807) is 0 Å². The number of aliphatic hydroxyl groups excluding tert-OH is 1. The van der Waals surface area contributed by atoms with E-state index in [4.69, 9.17) is 0 Å². The zero-order chi connectivity index (χ0) is 17.8. The van der Waals surface area contributed by atoms with Gasteiger partial charge in [-0.05, 0) is 50.4 Å². The average Bonchev–Trinajstić information content (AvgIpc) is 2.91. The summed E-state index contributed by atoms with van der Waals surface area (Å²) in [4.78, 5) is 17.9. The molecular formula is C20H29N3O2. The van der Waals surface area contributed by atoms with E-state index in [0.717, 1.165) is 41.2 Å². The van der Waals surface area contributed by atoms with Crippen molar-refractivity contribution < 1.29 is 9.90 Å². The number of nitrogens with zero attached hydrogens (tertiary/aromatic N) is 1. The maximum atomic E-state index is 12.3. The summed E-state index contributed by atoms with van der Waals surface area (Å²) in [6.07, 6.45) is 2.21. The molecule has 1 amide bonds. The number of likely N-dealkylation sites (tertiary alicyclic amines) is 1. The molecule has 1 saturated heterocycles. The van der Waals surface area contributed by atoms with Crippen molar-refractivity contribution in [1.82, 2.24) is 15.2 Å². The van der Waals surface area contributed by atoms with E-state index in [1.807, 2.05) is 31.2 Å². The molecule has 2 heterocycles. The molecule has 5 nitrogen and oxygen atoms in total. The fraction of sp³-hybridized carbons (Fsp3) is 0.550. The Kier molecular flexibility index (Phi) is 5.76. The molecule has 136 valence electrons. The maximum absolute atomic E-state index is 12.3. The van der Waals surface area contributed by atoms with Gasteiger partial charge in [0.25, 0.3) is 0 Å². The van der Waals surface area contributed by atoms with Crippen LogP contribution >= 0.6 is 0 Å². The van der Waals surface area contributed by atoms with Crippen molar-refractivity contribution in [3.8, 4) is 0 Å². The number of para-hydroxylation sites is 1. The highest BCUT2D eigenvalue weighted by Crippen LogP contribution is 2.22. The number of aromatic amines is 1. The summed E-state index contributed by atoms with van der Waals surface area (Å²) < 4.78 is 0. The standard InChI is InChI=1S/C20H29N3O2/c1-14-7-9-23(10-8-14)13-16(24)12-21-20(25)11-18-15(2)22-19-6-4-3-5-17(18)19/h3-6,14,16,22,24H,7-13H2,1-2H3,(H,21,25). The second-order valence-corrected chi connectivity index (χ2v) is 7.39. The van der Waals surface area contributed by atoms with Crippen LogP contribution in [0.3, 0.4) is 0 Å². The van der Waals surface area contributed by atoms with Gasteiger partial charge in [-0.3, -0.25) is 4.79 Å². The topological polar surface area (TPSA) is 68.4 Å². The minimum atomic E-state index is -0.513. The lowest BCUT2D eigenvalue weighted by Crippen LogP contribution is -2.43. The molecule has 1 aliphatic heterocycles. The van der Waals surface area contributed by atoms with Gasteiger partial charge in [-0.2, -0.15) is 0 Å². The molecule has 1 unspecified atom stereocenters. The third kappa shape index (κ3) is 4.61. The molecule has 1 aromatic heterocycles. The number of fused-ring (bicyclic) bond motifs is 1. The Balaban J connectivity index is 1.48. The Morgan fingerprint density at radius 3 is 2.84 bits per heavy atom. The molecule has 25 heavy (non-hydrogen) atoms. The molecule has 1 aliphatic rings. The number of rotatable bonds is 6. The van der Waals surface area contributed by atoms with Gasteiger partial charge in [0.2, 0.25) is 5.91 Å². The molecule has 0 saturated carbocycles.